The van der Waals surface area contributed by atoms with E-state index >= 15 is 0 Å². The fourth-order valence-electron chi connectivity index (χ4n) is 4.17. The molecule has 39 heavy (non-hydrogen) atoms. The van der Waals surface area contributed by atoms with Gasteiger partial charge in [-0.25, -0.2) is 8.78 Å². The number of hydrogen-bond donors (Lipinski definition) is 3. The van der Waals surface area contributed by atoms with Gasteiger partial charge in [-0.3, -0.25) is 0 Å². The highest BCUT2D eigenvalue weighted by Gasteiger charge is 2.55. The lowest BCUT2D eigenvalue weighted by Gasteiger charge is -2.49. The lowest BCUT2D eigenvalue weighted by atomic mass is 9.87. The maximum atomic E-state index is 12.4. The molecule has 0 amide bonds. The zero-order valence-electron chi connectivity index (χ0n) is 23.2. The fraction of sp³-hybridized carbons (Fsp3) is 0.571. The van der Waals surface area contributed by atoms with Gasteiger partial charge in [-0.2, -0.15) is 0 Å². The summed E-state index contributed by atoms with van der Waals surface area (Å²) >= 11 is 6.49. The Morgan fingerprint density at radius 2 is 1.69 bits per heavy atom. The van der Waals surface area contributed by atoms with Gasteiger partial charge in [-0.15, -0.1) is 0 Å². The number of methoxy groups -OCH3 is 1. The summed E-state index contributed by atoms with van der Waals surface area (Å²) in [4.78, 5) is 0. The molecule has 218 valence electrons. The fourth-order valence-corrected chi connectivity index (χ4v) is 5.37. The predicted molar refractivity (Wildman–Crippen MR) is 147 cm³/mol. The zero-order chi connectivity index (χ0) is 29.2. The van der Waals surface area contributed by atoms with Gasteiger partial charge in [-0.1, -0.05) is 50.6 Å². The predicted octanol–water partition coefficient (Wildman–Crippen LogP) is 4.88. The third-order valence-electron chi connectivity index (χ3n) is 7.63. The van der Waals surface area contributed by atoms with Crippen LogP contribution in [-0.2, 0) is 26.1 Å². The summed E-state index contributed by atoms with van der Waals surface area (Å²) in [5.74, 6) is -1.47. The van der Waals surface area contributed by atoms with E-state index in [1.165, 1.54) is 7.11 Å². The van der Waals surface area contributed by atoms with E-state index in [9.17, 15) is 24.1 Å². The number of alkyl halides is 2. The van der Waals surface area contributed by atoms with Crippen LogP contribution in [-0.4, -0.2) is 74.8 Å². The summed E-state index contributed by atoms with van der Waals surface area (Å²) in [6, 6.07) is 11.7. The van der Waals surface area contributed by atoms with Crippen LogP contribution in [0.3, 0.4) is 0 Å². The number of aliphatic hydroxyl groups is 3. The summed E-state index contributed by atoms with van der Waals surface area (Å²) in [5.41, 5.74) is 1.92. The molecule has 0 unspecified atom stereocenters. The largest absolute Gasteiger partial charge is 0.488 e. The molecule has 1 aliphatic heterocycles. The van der Waals surface area contributed by atoms with Crippen LogP contribution in [0.1, 0.15) is 37.5 Å². The maximum Gasteiger partial charge on any atom is 0.272 e. The SMILES string of the molecule is CO[C@@]1(c2ccc(Cl)c(Cc3ccc(OCC(F)F)cc3)c2)O[C@H](CO[Si](C)(C)C(C)(C)C)[C@@H](O)[C@H](O)[C@H]1O. The van der Waals surface area contributed by atoms with Gasteiger partial charge in [0.15, 0.2) is 8.32 Å². The van der Waals surface area contributed by atoms with E-state index in [0.717, 1.165) is 5.56 Å². The van der Waals surface area contributed by atoms with Crippen molar-refractivity contribution >= 4 is 19.9 Å². The molecule has 2 aromatic rings. The van der Waals surface area contributed by atoms with Gasteiger partial charge >= 0.3 is 0 Å². The summed E-state index contributed by atoms with van der Waals surface area (Å²) in [6.45, 7) is 9.74. The number of benzene rings is 2. The first kappa shape index (κ1) is 31.9. The average Bonchev–Trinajstić information content (AvgIpc) is 2.87. The van der Waals surface area contributed by atoms with Crippen LogP contribution >= 0.6 is 11.6 Å². The third kappa shape index (κ3) is 7.18. The first-order valence-corrected chi connectivity index (χ1v) is 16.1. The molecule has 3 rings (SSSR count). The number of rotatable bonds is 10. The van der Waals surface area contributed by atoms with Crippen LogP contribution in [0, 0.1) is 0 Å². The Labute approximate surface area is 234 Å². The van der Waals surface area contributed by atoms with E-state index in [2.05, 4.69) is 33.9 Å². The second-order valence-electron chi connectivity index (χ2n) is 11.4. The van der Waals surface area contributed by atoms with Crippen molar-refractivity contribution in [2.75, 3.05) is 20.3 Å². The summed E-state index contributed by atoms with van der Waals surface area (Å²) in [7, 11) is -0.855. The Morgan fingerprint density at radius 3 is 2.26 bits per heavy atom. The number of hydrogen-bond acceptors (Lipinski definition) is 7. The quantitative estimate of drug-likeness (QED) is 0.340. The highest BCUT2D eigenvalue weighted by atomic mass is 35.5. The van der Waals surface area contributed by atoms with Crippen LogP contribution in [0.5, 0.6) is 5.75 Å². The molecule has 2 aromatic carbocycles. The molecule has 1 fully saturated rings. The first-order chi connectivity index (χ1) is 18.1. The summed E-state index contributed by atoms with van der Waals surface area (Å²) in [6.07, 6.45) is -7.73. The minimum atomic E-state index is -2.56. The summed E-state index contributed by atoms with van der Waals surface area (Å²) in [5, 5.41) is 33.0. The normalized spacial score (nSPS) is 26.2. The number of ether oxygens (including phenoxy) is 3. The van der Waals surface area contributed by atoms with Gasteiger partial charge in [0.1, 0.15) is 36.8 Å². The Kier molecular flexibility index (Phi) is 10.2. The van der Waals surface area contributed by atoms with Crippen LogP contribution in [0.4, 0.5) is 8.78 Å². The second-order valence-corrected chi connectivity index (χ2v) is 16.6. The Balaban J connectivity index is 1.87. The van der Waals surface area contributed by atoms with Gasteiger partial charge in [0.2, 0.25) is 5.79 Å². The highest BCUT2D eigenvalue weighted by molar-refractivity contribution is 6.74. The molecule has 0 bridgehead atoms. The lowest BCUT2D eigenvalue weighted by molar-refractivity contribution is -0.365. The van der Waals surface area contributed by atoms with Gasteiger partial charge in [0.25, 0.3) is 6.43 Å². The molecule has 5 atom stereocenters. The van der Waals surface area contributed by atoms with Crippen LogP contribution in [0.2, 0.25) is 23.2 Å². The first-order valence-electron chi connectivity index (χ1n) is 12.8. The molecule has 0 saturated carbocycles. The van der Waals surface area contributed by atoms with Crippen molar-refractivity contribution in [2.24, 2.45) is 0 Å². The van der Waals surface area contributed by atoms with Crippen molar-refractivity contribution in [2.45, 2.75) is 82.0 Å². The monoisotopic (exact) mass is 588 g/mol. The Morgan fingerprint density at radius 1 is 1.05 bits per heavy atom. The van der Waals surface area contributed by atoms with E-state index in [1.807, 2.05) is 0 Å². The molecule has 0 spiro atoms. The van der Waals surface area contributed by atoms with E-state index in [-0.39, 0.29) is 11.6 Å². The molecule has 3 N–H and O–H groups in total. The van der Waals surface area contributed by atoms with Crippen molar-refractivity contribution in [1.82, 2.24) is 0 Å². The molecule has 7 nitrogen and oxygen atoms in total. The van der Waals surface area contributed by atoms with E-state index < -0.39 is 51.6 Å². The minimum absolute atomic E-state index is 0.00692. The van der Waals surface area contributed by atoms with Crippen LogP contribution < -0.4 is 4.74 Å². The smallest absolute Gasteiger partial charge is 0.272 e. The second kappa shape index (κ2) is 12.5. The van der Waals surface area contributed by atoms with Crippen molar-refractivity contribution in [3.05, 3.63) is 64.2 Å². The molecule has 1 saturated heterocycles. The molecule has 11 heteroatoms. The van der Waals surface area contributed by atoms with Gasteiger partial charge in [-0.05, 0) is 59.9 Å². The number of aliphatic hydroxyl groups excluding tert-OH is 3. The third-order valence-corrected chi connectivity index (χ3v) is 12.5. The van der Waals surface area contributed by atoms with Crippen molar-refractivity contribution < 1.29 is 42.7 Å². The summed E-state index contributed by atoms with van der Waals surface area (Å²) < 4.78 is 48.0. The molecule has 0 aliphatic carbocycles. The van der Waals surface area contributed by atoms with Crippen molar-refractivity contribution in [3.63, 3.8) is 0 Å². The average molecular weight is 589 g/mol. The maximum absolute atomic E-state index is 12.4. The van der Waals surface area contributed by atoms with E-state index in [0.29, 0.717) is 28.3 Å². The van der Waals surface area contributed by atoms with Gasteiger partial charge < -0.3 is 34.0 Å². The van der Waals surface area contributed by atoms with Crippen LogP contribution in [0.25, 0.3) is 0 Å². The van der Waals surface area contributed by atoms with Gasteiger partial charge in [0, 0.05) is 17.7 Å². The molecule has 0 aromatic heterocycles. The molecule has 1 heterocycles. The topological polar surface area (TPSA) is 97.6 Å². The molecule has 1 aliphatic rings. The minimum Gasteiger partial charge on any atom is -0.488 e. The molecule has 0 radical (unpaired) electrons. The lowest BCUT2D eigenvalue weighted by Crippen LogP contribution is -2.64. The van der Waals surface area contributed by atoms with Gasteiger partial charge in [0.05, 0.1) is 6.61 Å². The van der Waals surface area contributed by atoms with Crippen LogP contribution in [0.15, 0.2) is 42.5 Å². The van der Waals surface area contributed by atoms with Crippen molar-refractivity contribution in [3.8, 4) is 5.75 Å². The molecular formula is C28H39ClF2O7Si. The van der Waals surface area contributed by atoms with E-state index in [1.54, 1.807) is 42.5 Å². The van der Waals surface area contributed by atoms with Crippen molar-refractivity contribution in [1.29, 1.82) is 0 Å². The standard InChI is InChI=1S/C28H39ClF2O7Si/c1-27(2,3)39(5,6)37-15-22-24(32)25(33)26(34)28(35-4,38-22)19-9-12-21(29)18(14-19)13-17-7-10-20(11-8-17)36-16-23(30)31/h7-12,14,22-26,32-34H,13,15-16H2,1-6H3/t22-,24-,25+,26-,28+/m1/s1. The Bertz CT molecular complexity index is 1100. The number of halogens is 3. The Hall–Kier alpha value is -1.63. The zero-order valence-corrected chi connectivity index (χ0v) is 24.9. The highest BCUT2D eigenvalue weighted by Crippen LogP contribution is 2.42. The molecular weight excluding hydrogens is 550 g/mol. The van der Waals surface area contributed by atoms with E-state index in [4.69, 9.17) is 30.2 Å².